The SMILES string of the molecule is COc1cccc(C2CCCCN2Cc2c(C)noc2C)c1. The van der Waals surface area contributed by atoms with Crippen LogP contribution in [-0.4, -0.2) is 23.7 Å². The van der Waals surface area contributed by atoms with E-state index in [9.17, 15) is 0 Å². The molecule has 0 radical (unpaired) electrons. The Balaban J connectivity index is 1.84. The van der Waals surface area contributed by atoms with Gasteiger partial charge in [0.15, 0.2) is 0 Å². The Hall–Kier alpha value is -1.81. The lowest BCUT2D eigenvalue weighted by Gasteiger charge is -2.36. The van der Waals surface area contributed by atoms with E-state index in [0.29, 0.717) is 6.04 Å². The predicted molar refractivity (Wildman–Crippen MR) is 86.0 cm³/mol. The van der Waals surface area contributed by atoms with Crippen LogP contribution < -0.4 is 4.74 Å². The molecular weight excluding hydrogens is 276 g/mol. The zero-order valence-corrected chi connectivity index (χ0v) is 13.6. The number of aromatic nitrogens is 1. The highest BCUT2D eigenvalue weighted by Gasteiger charge is 2.26. The highest BCUT2D eigenvalue weighted by atomic mass is 16.5. The Morgan fingerprint density at radius 1 is 1.32 bits per heavy atom. The van der Waals surface area contributed by atoms with Crippen LogP contribution in [0.5, 0.6) is 5.75 Å². The predicted octanol–water partition coefficient (Wildman–Crippen LogP) is 4.03. The number of hydrogen-bond donors (Lipinski definition) is 0. The first-order valence-corrected chi connectivity index (χ1v) is 7.99. The van der Waals surface area contributed by atoms with Crippen LogP contribution in [0.1, 0.15) is 47.9 Å². The van der Waals surface area contributed by atoms with Gasteiger partial charge >= 0.3 is 0 Å². The minimum Gasteiger partial charge on any atom is -0.497 e. The molecule has 1 aliphatic rings. The van der Waals surface area contributed by atoms with Crippen LogP contribution in [0.2, 0.25) is 0 Å². The first-order valence-electron chi connectivity index (χ1n) is 7.99. The van der Waals surface area contributed by atoms with Gasteiger partial charge in [-0.1, -0.05) is 23.7 Å². The number of aryl methyl sites for hydroxylation is 2. The van der Waals surface area contributed by atoms with Gasteiger partial charge in [0.1, 0.15) is 11.5 Å². The van der Waals surface area contributed by atoms with E-state index in [4.69, 9.17) is 9.26 Å². The summed E-state index contributed by atoms with van der Waals surface area (Å²) < 4.78 is 10.7. The first kappa shape index (κ1) is 15.1. The number of hydrogen-bond acceptors (Lipinski definition) is 4. The van der Waals surface area contributed by atoms with E-state index >= 15 is 0 Å². The standard InChI is InChI=1S/C18H24N2O2/c1-13-17(14(2)22-19-13)12-20-10-5-4-9-18(20)15-7-6-8-16(11-15)21-3/h6-8,11,18H,4-5,9-10,12H2,1-3H3. The molecule has 4 nitrogen and oxygen atoms in total. The van der Waals surface area contributed by atoms with Crippen molar-refractivity contribution in [3.05, 3.63) is 46.8 Å². The van der Waals surface area contributed by atoms with Crippen molar-refractivity contribution in [1.29, 1.82) is 0 Å². The van der Waals surface area contributed by atoms with Gasteiger partial charge in [0.2, 0.25) is 0 Å². The number of methoxy groups -OCH3 is 1. The minimum atomic E-state index is 0.442. The third-order valence-electron chi connectivity index (χ3n) is 4.63. The summed E-state index contributed by atoms with van der Waals surface area (Å²) >= 11 is 0. The molecule has 4 heteroatoms. The molecule has 0 aliphatic carbocycles. The van der Waals surface area contributed by atoms with E-state index in [1.165, 1.54) is 30.4 Å². The number of piperidine rings is 1. The second-order valence-corrected chi connectivity index (χ2v) is 6.06. The molecule has 1 atom stereocenters. The van der Waals surface area contributed by atoms with Gasteiger partial charge in [-0.05, 0) is 50.9 Å². The lowest BCUT2D eigenvalue weighted by molar-refractivity contribution is 0.139. The second-order valence-electron chi connectivity index (χ2n) is 6.06. The number of likely N-dealkylation sites (tertiary alicyclic amines) is 1. The summed E-state index contributed by atoms with van der Waals surface area (Å²) in [5.41, 5.74) is 3.58. The van der Waals surface area contributed by atoms with Crippen molar-refractivity contribution >= 4 is 0 Å². The molecular formula is C18H24N2O2. The fourth-order valence-corrected chi connectivity index (χ4v) is 3.34. The summed E-state index contributed by atoms with van der Waals surface area (Å²) in [6, 6.07) is 8.90. The summed E-state index contributed by atoms with van der Waals surface area (Å²) in [6.45, 7) is 6.05. The molecule has 1 aromatic heterocycles. The molecule has 2 aromatic rings. The van der Waals surface area contributed by atoms with Gasteiger partial charge in [-0.3, -0.25) is 4.90 Å². The third kappa shape index (κ3) is 3.02. The molecule has 0 bridgehead atoms. The molecule has 22 heavy (non-hydrogen) atoms. The van der Waals surface area contributed by atoms with Gasteiger partial charge < -0.3 is 9.26 Å². The summed E-state index contributed by atoms with van der Waals surface area (Å²) in [5, 5.41) is 4.09. The Kier molecular flexibility index (Phi) is 4.48. The van der Waals surface area contributed by atoms with Gasteiger partial charge in [0.05, 0.1) is 12.8 Å². The maximum atomic E-state index is 5.38. The minimum absolute atomic E-state index is 0.442. The molecule has 1 fully saturated rings. The number of nitrogens with zero attached hydrogens (tertiary/aromatic N) is 2. The maximum Gasteiger partial charge on any atom is 0.138 e. The van der Waals surface area contributed by atoms with Gasteiger partial charge in [0.25, 0.3) is 0 Å². The normalized spacial score (nSPS) is 19.3. The topological polar surface area (TPSA) is 38.5 Å². The Labute approximate surface area is 132 Å². The van der Waals surface area contributed by atoms with Crippen molar-refractivity contribution in [2.75, 3.05) is 13.7 Å². The fraction of sp³-hybridized carbons (Fsp3) is 0.500. The van der Waals surface area contributed by atoms with Crippen LogP contribution >= 0.6 is 0 Å². The molecule has 0 spiro atoms. The van der Waals surface area contributed by atoms with Crippen LogP contribution in [0.3, 0.4) is 0 Å². The molecule has 0 amide bonds. The van der Waals surface area contributed by atoms with Crippen molar-refractivity contribution in [2.24, 2.45) is 0 Å². The van der Waals surface area contributed by atoms with Crippen LogP contribution in [-0.2, 0) is 6.54 Å². The smallest absolute Gasteiger partial charge is 0.138 e. The molecule has 3 rings (SSSR count). The van der Waals surface area contributed by atoms with E-state index in [2.05, 4.69) is 28.3 Å². The summed E-state index contributed by atoms with van der Waals surface area (Å²) in [4.78, 5) is 2.55. The Bertz CT molecular complexity index is 616. The highest BCUT2D eigenvalue weighted by Crippen LogP contribution is 2.34. The summed E-state index contributed by atoms with van der Waals surface area (Å²) in [6.07, 6.45) is 3.72. The van der Waals surface area contributed by atoms with Gasteiger partial charge in [-0.2, -0.15) is 0 Å². The average Bonchev–Trinajstić information content (AvgIpc) is 2.87. The Morgan fingerprint density at radius 2 is 2.18 bits per heavy atom. The monoisotopic (exact) mass is 300 g/mol. The van der Waals surface area contributed by atoms with E-state index in [1.54, 1.807) is 7.11 Å². The van der Waals surface area contributed by atoms with Crippen molar-refractivity contribution in [3.8, 4) is 5.75 Å². The molecule has 1 aromatic carbocycles. The van der Waals surface area contributed by atoms with E-state index in [-0.39, 0.29) is 0 Å². The molecule has 1 unspecified atom stereocenters. The second kappa shape index (κ2) is 6.53. The number of benzene rings is 1. The lowest BCUT2D eigenvalue weighted by Crippen LogP contribution is -2.33. The van der Waals surface area contributed by atoms with Crippen LogP contribution in [0.15, 0.2) is 28.8 Å². The zero-order chi connectivity index (χ0) is 15.5. The van der Waals surface area contributed by atoms with Crippen molar-refractivity contribution in [1.82, 2.24) is 10.1 Å². The molecule has 0 saturated carbocycles. The number of ether oxygens (including phenoxy) is 1. The third-order valence-corrected chi connectivity index (χ3v) is 4.63. The van der Waals surface area contributed by atoms with Crippen molar-refractivity contribution in [3.63, 3.8) is 0 Å². The quantitative estimate of drug-likeness (QED) is 0.854. The number of rotatable bonds is 4. The van der Waals surface area contributed by atoms with Gasteiger partial charge in [0, 0.05) is 18.2 Å². The molecule has 0 N–H and O–H groups in total. The molecule has 1 aliphatic heterocycles. The van der Waals surface area contributed by atoms with E-state index in [1.807, 2.05) is 19.9 Å². The van der Waals surface area contributed by atoms with Crippen molar-refractivity contribution in [2.45, 2.75) is 45.7 Å². The highest BCUT2D eigenvalue weighted by molar-refractivity contribution is 5.31. The molecule has 1 saturated heterocycles. The van der Waals surface area contributed by atoms with Crippen LogP contribution in [0.4, 0.5) is 0 Å². The Morgan fingerprint density at radius 3 is 2.91 bits per heavy atom. The van der Waals surface area contributed by atoms with Gasteiger partial charge in [-0.15, -0.1) is 0 Å². The first-order chi connectivity index (χ1) is 10.7. The van der Waals surface area contributed by atoms with E-state index < -0.39 is 0 Å². The summed E-state index contributed by atoms with van der Waals surface area (Å²) in [7, 11) is 1.72. The van der Waals surface area contributed by atoms with E-state index in [0.717, 1.165) is 30.3 Å². The maximum absolute atomic E-state index is 5.38. The average molecular weight is 300 g/mol. The fourth-order valence-electron chi connectivity index (χ4n) is 3.34. The van der Waals surface area contributed by atoms with Crippen LogP contribution in [0, 0.1) is 13.8 Å². The largest absolute Gasteiger partial charge is 0.497 e. The van der Waals surface area contributed by atoms with Crippen LogP contribution in [0.25, 0.3) is 0 Å². The summed E-state index contributed by atoms with van der Waals surface area (Å²) in [5.74, 6) is 1.87. The lowest BCUT2D eigenvalue weighted by atomic mass is 9.94. The zero-order valence-electron chi connectivity index (χ0n) is 13.6. The molecule has 2 heterocycles. The van der Waals surface area contributed by atoms with Gasteiger partial charge in [-0.25, -0.2) is 0 Å². The molecule has 118 valence electrons. The van der Waals surface area contributed by atoms with Crippen molar-refractivity contribution < 1.29 is 9.26 Å².